The lowest BCUT2D eigenvalue weighted by Gasteiger charge is -2.09. The molecule has 78 valence electrons. The van der Waals surface area contributed by atoms with Crippen LogP contribution in [0.2, 0.25) is 0 Å². The zero-order valence-electron chi connectivity index (χ0n) is 9.21. The van der Waals surface area contributed by atoms with Crippen molar-refractivity contribution in [1.29, 1.82) is 0 Å². The highest BCUT2D eigenvalue weighted by atomic mass is 32.2. The highest BCUT2D eigenvalue weighted by Crippen LogP contribution is 2.05. The van der Waals surface area contributed by atoms with Crippen molar-refractivity contribution in [3.8, 4) is 0 Å². The second-order valence-electron chi connectivity index (χ2n) is 3.67. The van der Waals surface area contributed by atoms with Crippen LogP contribution in [0.15, 0.2) is 24.3 Å². The lowest BCUT2D eigenvalue weighted by molar-refractivity contribution is 0.684. The van der Waals surface area contributed by atoms with Crippen molar-refractivity contribution < 1.29 is 0 Å². The SMILES string of the molecule is CSC(C)CNCc1cccc(C)c1. The molecule has 0 aromatic heterocycles. The van der Waals surface area contributed by atoms with E-state index in [1.165, 1.54) is 11.1 Å². The number of hydrogen-bond donors (Lipinski definition) is 1. The summed E-state index contributed by atoms with van der Waals surface area (Å²) in [6, 6.07) is 8.65. The number of aryl methyl sites for hydroxylation is 1. The molecule has 1 N–H and O–H groups in total. The Kier molecular flexibility index (Phi) is 5.05. The standard InChI is InChI=1S/C12H19NS/c1-10-5-4-6-12(7-10)9-13-8-11(2)14-3/h4-7,11,13H,8-9H2,1-3H3. The first-order chi connectivity index (χ1) is 6.72. The Morgan fingerprint density at radius 1 is 1.43 bits per heavy atom. The van der Waals surface area contributed by atoms with Crippen molar-refractivity contribution in [2.24, 2.45) is 0 Å². The number of rotatable bonds is 5. The highest BCUT2D eigenvalue weighted by molar-refractivity contribution is 7.99. The van der Waals surface area contributed by atoms with Crippen LogP contribution in [0.3, 0.4) is 0 Å². The molecule has 0 amide bonds. The summed E-state index contributed by atoms with van der Waals surface area (Å²) in [6.07, 6.45) is 2.15. The van der Waals surface area contributed by atoms with Crippen LogP contribution >= 0.6 is 11.8 Å². The molecule has 1 rings (SSSR count). The van der Waals surface area contributed by atoms with Gasteiger partial charge in [0.1, 0.15) is 0 Å². The van der Waals surface area contributed by atoms with Gasteiger partial charge in [-0.05, 0) is 18.7 Å². The Morgan fingerprint density at radius 2 is 2.21 bits per heavy atom. The number of benzene rings is 1. The largest absolute Gasteiger partial charge is 0.312 e. The van der Waals surface area contributed by atoms with E-state index < -0.39 is 0 Å². The first-order valence-corrected chi connectivity index (χ1v) is 6.30. The molecule has 1 atom stereocenters. The fourth-order valence-electron chi connectivity index (χ4n) is 1.33. The molecular formula is C12H19NS. The topological polar surface area (TPSA) is 12.0 Å². The van der Waals surface area contributed by atoms with E-state index in [0.717, 1.165) is 13.1 Å². The Morgan fingerprint density at radius 3 is 2.86 bits per heavy atom. The molecule has 14 heavy (non-hydrogen) atoms. The average Bonchev–Trinajstić information content (AvgIpc) is 2.17. The molecule has 0 aliphatic heterocycles. The maximum absolute atomic E-state index is 3.46. The number of nitrogens with one attached hydrogen (secondary N) is 1. The lowest BCUT2D eigenvalue weighted by Crippen LogP contribution is -2.21. The van der Waals surface area contributed by atoms with Gasteiger partial charge in [0.15, 0.2) is 0 Å². The molecule has 0 saturated heterocycles. The van der Waals surface area contributed by atoms with Crippen molar-refractivity contribution in [3.05, 3.63) is 35.4 Å². The van der Waals surface area contributed by atoms with Gasteiger partial charge in [-0.2, -0.15) is 11.8 Å². The van der Waals surface area contributed by atoms with Gasteiger partial charge >= 0.3 is 0 Å². The van der Waals surface area contributed by atoms with Crippen LogP contribution in [0.4, 0.5) is 0 Å². The fraction of sp³-hybridized carbons (Fsp3) is 0.500. The molecule has 0 spiro atoms. The monoisotopic (exact) mass is 209 g/mol. The van der Waals surface area contributed by atoms with Crippen LogP contribution in [0.5, 0.6) is 0 Å². The van der Waals surface area contributed by atoms with Gasteiger partial charge in [-0.15, -0.1) is 0 Å². The summed E-state index contributed by atoms with van der Waals surface area (Å²) >= 11 is 1.90. The van der Waals surface area contributed by atoms with Gasteiger partial charge in [0.05, 0.1) is 0 Å². The summed E-state index contributed by atoms with van der Waals surface area (Å²) in [6.45, 7) is 6.43. The third-order valence-corrected chi connectivity index (χ3v) is 3.22. The van der Waals surface area contributed by atoms with Gasteiger partial charge in [0, 0.05) is 18.3 Å². The summed E-state index contributed by atoms with van der Waals surface area (Å²) in [4.78, 5) is 0. The van der Waals surface area contributed by atoms with Gasteiger partial charge in [-0.25, -0.2) is 0 Å². The molecule has 1 aromatic rings. The maximum Gasteiger partial charge on any atom is 0.0206 e. The fourth-order valence-corrected chi connectivity index (χ4v) is 1.61. The van der Waals surface area contributed by atoms with Crippen LogP contribution in [0, 0.1) is 6.92 Å². The first kappa shape index (κ1) is 11.6. The van der Waals surface area contributed by atoms with Crippen LogP contribution in [-0.2, 0) is 6.54 Å². The van der Waals surface area contributed by atoms with Crippen LogP contribution < -0.4 is 5.32 Å². The molecular weight excluding hydrogens is 190 g/mol. The van der Waals surface area contributed by atoms with E-state index in [2.05, 4.69) is 49.7 Å². The normalized spacial score (nSPS) is 12.8. The van der Waals surface area contributed by atoms with E-state index in [4.69, 9.17) is 0 Å². The first-order valence-electron chi connectivity index (χ1n) is 5.01. The third kappa shape index (κ3) is 4.16. The minimum Gasteiger partial charge on any atom is -0.312 e. The predicted molar refractivity (Wildman–Crippen MR) is 65.9 cm³/mol. The van der Waals surface area contributed by atoms with Crippen LogP contribution in [0.1, 0.15) is 18.1 Å². The van der Waals surface area contributed by atoms with E-state index in [-0.39, 0.29) is 0 Å². The van der Waals surface area contributed by atoms with Crippen LogP contribution in [0.25, 0.3) is 0 Å². The minimum absolute atomic E-state index is 0.694. The third-order valence-electron chi connectivity index (χ3n) is 2.25. The van der Waals surface area contributed by atoms with Crippen molar-refractivity contribution in [3.63, 3.8) is 0 Å². The smallest absolute Gasteiger partial charge is 0.0206 e. The molecule has 2 heteroatoms. The van der Waals surface area contributed by atoms with E-state index in [1.807, 2.05) is 11.8 Å². The molecule has 1 aromatic carbocycles. The lowest BCUT2D eigenvalue weighted by atomic mass is 10.1. The predicted octanol–water partition coefficient (Wildman–Crippen LogP) is 2.84. The Balaban J connectivity index is 2.31. The van der Waals surface area contributed by atoms with Gasteiger partial charge < -0.3 is 5.32 Å². The molecule has 0 fully saturated rings. The van der Waals surface area contributed by atoms with Crippen molar-refractivity contribution in [1.82, 2.24) is 5.32 Å². The molecule has 0 aliphatic rings. The van der Waals surface area contributed by atoms with Gasteiger partial charge in [0.25, 0.3) is 0 Å². The molecule has 0 bridgehead atoms. The molecule has 0 aliphatic carbocycles. The minimum atomic E-state index is 0.694. The van der Waals surface area contributed by atoms with E-state index in [0.29, 0.717) is 5.25 Å². The molecule has 1 nitrogen and oxygen atoms in total. The van der Waals surface area contributed by atoms with Gasteiger partial charge in [-0.3, -0.25) is 0 Å². The molecule has 0 heterocycles. The summed E-state index contributed by atoms with van der Waals surface area (Å²) in [7, 11) is 0. The molecule has 0 radical (unpaired) electrons. The van der Waals surface area contributed by atoms with E-state index in [9.17, 15) is 0 Å². The summed E-state index contributed by atoms with van der Waals surface area (Å²) in [5.74, 6) is 0. The Hall–Kier alpha value is -0.470. The quantitative estimate of drug-likeness (QED) is 0.800. The molecule has 0 saturated carbocycles. The molecule has 1 unspecified atom stereocenters. The number of hydrogen-bond acceptors (Lipinski definition) is 2. The highest BCUT2D eigenvalue weighted by Gasteiger charge is 1.98. The van der Waals surface area contributed by atoms with E-state index in [1.54, 1.807) is 0 Å². The summed E-state index contributed by atoms with van der Waals surface area (Å²) < 4.78 is 0. The number of thioether (sulfide) groups is 1. The van der Waals surface area contributed by atoms with Crippen molar-refractivity contribution in [2.75, 3.05) is 12.8 Å². The second kappa shape index (κ2) is 6.10. The zero-order chi connectivity index (χ0) is 10.4. The van der Waals surface area contributed by atoms with Crippen LogP contribution in [-0.4, -0.2) is 18.1 Å². The second-order valence-corrected chi connectivity index (χ2v) is 4.94. The summed E-state index contributed by atoms with van der Waals surface area (Å²) in [5.41, 5.74) is 2.71. The maximum atomic E-state index is 3.46. The average molecular weight is 209 g/mol. The van der Waals surface area contributed by atoms with Gasteiger partial charge in [0.2, 0.25) is 0 Å². The summed E-state index contributed by atoms with van der Waals surface area (Å²) in [5, 5.41) is 4.15. The Bertz CT molecular complexity index is 273. The van der Waals surface area contributed by atoms with Crippen molar-refractivity contribution >= 4 is 11.8 Å². The Labute approximate surface area is 91.3 Å². The van der Waals surface area contributed by atoms with Crippen molar-refractivity contribution in [2.45, 2.75) is 25.6 Å². The van der Waals surface area contributed by atoms with Gasteiger partial charge in [-0.1, -0.05) is 36.8 Å². The zero-order valence-corrected chi connectivity index (χ0v) is 10.0. The van der Waals surface area contributed by atoms with E-state index >= 15 is 0 Å².